The quantitative estimate of drug-likeness (QED) is 0.844. The molecule has 0 radical (unpaired) electrons. The van der Waals surface area contributed by atoms with Crippen LogP contribution in [0.25, 0.3) is 0 Å². The lowest BCUT2D eigenvalue weighted by molar-refractivity contribution is 0.343. The molecule has 16 heavy (non-hydrogen) atoms. The highest BCUT2D eigenvalue weighted by atomic mass is 35.5. The van der Waals surface area contributed by atoms with E-state index in [0.717, 1.165) is 18.5 Å². The molecule has 0 unspecified atom stereocenters. The van der Waals surface area contributed by atoms with Gasteiger partial charge >= 0.3 is 0 Å². The van der Waals surface area contributed by atoms with Crippen molar-refractivity contribution in [3.8, 4) is 0 Å². The molecule has 88 valence electrons. The molecule has 4 heteroatoms. The van der Waals surface area contributed by atoms with Crippen molar-refractivity contribution in [2.75, 3.05) is 25.4 Å². The highest BCUT2D eigenvalue weighted by Crippen LogP contribution is 2.29. The maximum atomic E-state index is 5.99. The summed E-state index contributed by atoms with van der Waals surface area (Å²) in [7, 11) is 0. The summed E-state index contributed by atoms with van der Waals surface area (Å²) in [5, 5.41) is 1.12. The molecule has 1 aromatic carbocycles. The van der Waals surface area contributed by atoms with Gasteiger partial charge in [0.2, 0.25) is 0 Å². The smallest absolute Gasteiger partial charge is 0.0693 e. The van der Waals surface area contributed by atoms with Gasteiger partial charge in [0.25, 0.3) is 0 Å². The van der Waals surface area contributed by atoms with E-state index < -0.39 is 0 Å². The molecule has 0 bridgehead atoms. The number of nitrogens with zero attached hydrogens (tertiary/aromatic N) is 1. The molecule has 1 saturated heterocycles. The zero-order valence-electron chi connectivity index (χ0n) is 9.18. The van der Waals surface area contributed by atoms with Gasteiger partial charge in [0.1, 0.15) is 0 Å². The monoisotopic (exact) mass is 258 g/mol. The van der Waals surface area contributed by atoms with Crippen molar-refractivity contribution in [2.24, 2.45) is 0 Å². The highest BCUT2D eigenvalue weighted by molar-refractivity contribution is 6.38. The predicted octanol–water partition coefficient (Wildman–Crippen LogP) is 3.21. The van der Waals surface area contributed by atoms with Crippen molar-refractivity contribution >= 4 is 28.9 Å². The Balaban J connectivity index is 1.98. The predicted molar refractivity (Wildman–Crippen MR) is 70.3 cm³/mol. The van der Waals surface area contributed by atoms with Crippen molar-refractivity contribution in [2.45, 2.75) is 19.3 Å². The van der Waals surface area contributed by atoms with Crippen molar-refractivity contribution < 1.29 is 0 Å². The number of hydrogen-bond acceptors (Lipinski definition) is 2. The van der Waals surface area contributed by atoms with Crippen LogP contribution in [0, 0.1) is 0 Å². The topological polar surface area (TPSA) is 29.3 Å². The molecule has 2 N–H and O–H groups in total. The van der Waals surface area contributed by atoms with Gasteiger partial charge in [-0.15, -0.1) is 0 Å². The number of anilines is 1. The first-order valence-electron chi connectivity index (χ1n) is 5.62. The summed E-state index contributed by atoms with van der Waals surface area (Å²) < 4.78 is 0. The van der Waals surface area contributed by atoms with E-state index in [1.165, 1.54) is 25.9 Å². The van der Waals surface area contributed by atoms with Crippen LogP contribution < -0.4 is 5.73 Å². The Morgan fingerprint density at radius 1 is 1.12 bits per heavy atom. The van der Waals surface area contributed by atoms with Crippen LogP contribution in [-0.2, 0) is 6.42 Å². The minimum Gasteiger partial charge on any atom is -0.396 e. The third kappa shape index (κ3) is 2.82. The van der Waals surface area contributed by atoms with Crippen molar-refractivity contribution in [3.63, 3.8) is 0 Å². The van der Waals surface area contributed by atoms with Crippen LogP contribution in [0.4, 0.5) is 5.69 Å². The molecule has 0 amide bonds. The zero-order valence-corrected chi connectivity index (χ0v) is 10.7. The minimum atomic E-state index is 0.480. The molecule has 0 spiro atoms. The molecule has 0 aliphatic carbocycles. The number of nitrogen functional groups attached to an aromatic ring is 1. The van der Waals surface area contributed by atoms with Gasteiger partial charge in [-0.05, 0) is 50.0 Å². The van der Waals surface area contributed by atoms with Gasteiger partial charge in [0.05, 0.1) is 15.7 Å². The Bertz CT molecular complexity index is 350. The molecule has 1 aliphatic heterocycles. The Morgan fingerprint density at radius 2 is 1.69 bits per heavy atom. The van der Waals surface area contributed by atoms with E-state index in [0.29, 0.717) is 15.7 Å². The van der Waals surface area contributed by atoms with E-state index in [4.69, 9.17) is 28.9 Å². The van der Waals surface area contributed by atoms with Crippen molar-refractivity contribution in [1.82, 2.24) is 4.90 Å². The molecule has 1 aromatic rings. The zero-order chi connectivity index (χ0) is 11.5. The lowest BCUT2D eigenvalue weighted by atomic mass is 10.1. The van der Waals surface area contributed by atoms with E-state index in [9.17, 15) is 0 Å². The SMILES string of the molecule is Nc1c(Cl)cc(CCN2CCCC2)cc1Cl. The number of hydrogen-bond donors (Lipinski definition) is 1. The first-order chi connectivity index (χ1) is 7.66. The first kappa shape index (κ1) is 12.0. The summed E-state index contributed by atoms with van der Waals surface area (Å²) in [5.74, 6) is 0. The standard InChI is InChI=1S/C12H16Cl2N2/c13-10-7-9(8-11(14)12(10)15)3-6-16-4-1-2-5-16/h7-8H,1-6,15H2. The Kier molecular flexibility index (Phi) is 3.95. The Morgan fingerprint density at radius 3 is 2.25 bits per heavy atom. The molecule has 0 saturated carbocycles. The third-order valence-corrected chi connectivity index (χ3v) is 3.68. The van der Waals surface area contributed by atoms with Crippen LogP contribution in [-0.4, -0.2) is 24.5 Å². The van der Waals surface area contributed by atoms with Gasteiger partial charge in [0, 0.05) is 6.54 Å². The number of halogens is 2. The van der Waals surface area contributed by atoms with Crippen LogP contribution >= 0.6 is 23.2 Å². The normalized spacial score (nSPS) is 16.9. The summed E-state index contributed by atoms with van der Waals surface area (Å²) >= 11 is 12.0. The molecule has 1 fully saturated rings. The molecular weight excluding hydrogens is 243 g/mol. The average Bonchev–Trinajstić information content (AvgIpc) is 2.75. The average molecular weight is 259 g/mol. The van der Waals surface area contributed by atoms with Gasteiger partial charge in [-0.25, -0.2) is 0 Å². The summed E-state index contributed by atoms with van der Waals surface area (Å²) in [5.41, 5.74) is 7.34. The number of rotatable bonds is 3. The second-order valence-corrected chi connectivity index (χ2v) is 5.09. The molecule has 1 heterocycles. The van der Waals surface area contributed by atoms with E-state index in [2.05, 4.69) is 4.90 Å². The second kappa shape index (κ2) is 5.26. The van der Waals surface area contributed by atoms with Crippen LogP contribution in [0.15, 0.2) is 12.1 Å². The van der Waals surface area contributed by atoms with Gasteiger partial charge in [-0.2, -0.15) is 0 Å². The van der Waals surface area contributed by atoms with E-state index in [-0.39, 0.29) is 0 Å². The number of likely N-dealkylation sites (tertiary alicyclic amines) is 1. The van der Waals surface area contributed by atoms with Crippen molar-refractivity contribution in [3.05, 3.63) is 27.7 Å². The molecular formula is C12H16Cl2N2. The fourth-order valence-electron chi connectivity index (χ4n) is 2.07. The summed E-state index contributed by atoms with van der Waals surface area (Å²) in [6.07, 6.45) is 3.63. The fourth-order valence-corrected chi connectivity index (χ4v) is 2.61. The van der Waals surface area contributed by atoms with Gasteiger partial charge in [-0.3, -0.25) is 0 Å². The summed E-state index contributed by atoms with van der Waals surface area (Å²) in [4.78, 5) is 2.47. The number of nitrogens with two attached hydrogens (primary N) is 1. The summed E-state index contributed by atoms with van der Waals surface area (Å²) in [6, 6.07) is 3.83. The molecule has 1 aliphatic rings. The summed E-state index contributed by atoms with van der Waals surface area (Å²) in [6.45, 7) is 3.52. The van der Waals surface area contributed by atoms with Crippen LogP contribution in [0.2, 0.25) is 10.0 Å². The van der Waals surface area contributed by atoms with E-state index in [1.54, 1.807) is 0 Å². The Hall–Kier alpha value is -0.440. The van der Waals surface area contributed by atoms with Crippen LogP contribution in [0.5, 0.6) is 0 Å². The third-order valence-electron chi connectivity index (χ3n) is 3.05. The van der Waals surface area contributed by atoms with E-state index in [1.807, 2.05) is 12.1 Å². The van der Waals surface area contributed by atoms with Gasteiger partial charge in [-0.1, -0.05) is 23.2 Å². The molecule has 0 atom stereocenters. The maximum absolute atomic E-state index is 5.99. The fraction of sp³-hybridized carbons (Fsp3) is 0.500. The Labute approximate surface area is 106 Å². The lowest BCUT2D eigenvalue weighted by Crippen LogP contribution is -2.21. The second-order valence-electron chi connectivity index (χ2n) is 4.27. The highest BCUT2D eigenvalue weighted by Gasteiger charge is 2.11. The van der Waals surface area contributed by atoms with E-state index >= 15 is 0 Å². The molecule has 2 nitrogen and oxygen atoms in total. The van der Waals surface area contributed by atoms with Crippen LogP contribution in [0.1, 0.15) is 18.4 Å². The van der Waals surface area contributed by atoms with Gasteiger partial charge in [0.15, 0.2) is 0 Å². The largest absolute Gasteiger partial charge is 0.396 e. The number of benzene rings is 1. The maximum Gasteiger partial charge on any atom is 0.0693 e. The molecule has 2 rings (SSSR count). The van der Waals surface area contributed by atoms with Gasteiger partial charge < -0.3 is 10.6 Å². The van der Waals surface area contributed by atoms with Crippen LogP contribution in [0.3, 0.4) is 0 Å². The lowest BCUT2D eigenvalue weighted by Gasteiger charge is -2.14. The molecule has 0 aromatic heterocycles. The minimum absolute atomic E-state index is 0.480. The van der Waals surface area contributed by atoms with Crippen molar-refractivity contribution in [1.29, 1.82) is 0 Å². The first-order valence-corrected chi connectivity index (χ1v) is 6.38.